The van der Waals surface area contributed by atoms with Gasteiger partial charge in [-0.3, -0.25) is 0 Å². The summed E-state index contributed by atoms with van der Waals surface area (Å²) in [4.78, 5) is 0. The molecule has 0 saturated carbocycles. The van der Waals surface area contributed by atoms with Gasteiger partial charge in [-0.05, 0) is 0 Å². The molecule has 0 atom stereocenters. The third kappa shape index (κ3) is 1.60. The molecular formula is C12H8AsIO. The predicted octanol–water partition coefficient (Wildman–Crippen LogP) is 2.33. The van der Waals surface area contributed by atoms with Crippen LogP contribution in [0.4, 0.5) is 0 Å². The first-order chi connectivity index (χ1) is 7.36. The second-order valence-electron chi connectivity index (χ2n) is 3.32. The van der Waals surface area contributed by atoms with E-state index in [1.807, 2.05) is 12.1 Å². The van der Waals surface area contributed by atoms with Crippen LogP contribution in [0, 0.1) is 0 Å². The van der Waals surface area contributed by atoms with Crippen LogP contribution < -0.4 is 13.4 Å². The number of rotatable bonds is 0. The minimum atomic E-state index is -1.12. The molecule has 0 fully saturated rings. The zero-order valence-corrected chi connectivity index (χ0v) is 11.9. The number of benzene rings is 2. The molecule has 2 aromatic carbocycles. The fraction of sp³-hybridized carbons (Fsp3) is 0. The fourth-order valence-electron chi connectivity index (χ4n) is 1.66. The first-order valence-electron chi connectivity index (χ1n) is 4.68. The Balaban J connectivity index is 2.20. The van der Waals surface area contributed by atoms with Crippen LogP contribution in [0.15, 0.2) is 48.5 Å². The van der Waals surface area contributed by atoms with Crippen molar-refractivity contribution in [1.29, 1.82) is 0 Å². The van der Waals surface area contributed by atoms with Crippen LogP contribution >= 0.6 is 20.1 Å². The molecule has 0 bridgehead atoms. The summed E-state index contributed by atoms with van der Waals surface area (Å²) in [7, 11) is 0. The van der Waals surface area contributed by atoms with Crippen molar-refractivity contribution in [2.45, 2.75) is 0 Å². The molecule has 0 spiro atoms. The normalized spacial score (nSPS) is 13.9. The van der Waals surface area contributed by atoms with Gasteiger partial charge in [0.15, 0.2) is 0 Å². The molecule has 0 aromatic heterocycles. The molecule has 2 aromatic rings. The topological polar surface area (TPSA) is 9.23 Å². The van der Waals surface area contributed by atoms with Gasteiger partial charge in [0.05, 0.1) is 0 Å². The quantitative estimate of drug-likeness (QED) is 0.511. The molecule has 1 nitrogen and oxygen atoms in total. The molecule has 0 unspecified atom stereocenters. The molecule has 3 rings (SSSR count). The van der Waals surface area contributed by atoms with Gasteiger partial charge in [0, 0.05) is 0 Å². The van der Waals surface area contributed by atoms with Gasteiger partial charge in [0.2, 0.25) is 0 Å². The minimum absolute atomic E-state index is 1.05. The average molecular weight is 370 g/mol. The summed E-state index contributed by atoms with van der Waals surface area (Å²) in [5, 5.41) is 0. The molecule has 0 amide bonds. The Hall–Kier alpha value is -0.472. The monoisotopic (exact) mass is 370 g/mol. The van der Waals surface area contributed by atoms with Crippen LogP contribution in [-0.2, 0) is 0 Å². The van der Waals surface area contributed by atoms with Gasteiger partial charge >= 0.3 is 105 Å². The molecular weight excluding hydrogens is 362 g/mol. The van der Waals surface area contributed by atoms with Crippen LogP contribution in [-0.4, -0.2) is 11.3 Å². The molecule has 1 heterocycles. The van der Waals surface area contributed by atoms with Crippen molar-refractivity contribution in [3.63, 3.8) is 0 Å². The number of fused-ring (bicyclic) bond motifs is 2. The van der Waals surface area contributed by atoms with E-state index in [4.69, 9.17) is 4.74 Å². The molecule has 0 saturated heterocycles. The van der Waals surface area contributed by atoms with E-state index in [9.17, 15) is 0 Å². The Labute approximate surface area is 104 Å². The molecule has 1 aliphatic rings. The number of ether oxygens (including phenoxy) is 1. The molecule has 0 N–H and O–H groups in total. The number of hydrogen-bond acceptors (Lipinski definition) is 1. The van der Waals surface area contributed by atoms with Gasteiger partial charge in [0.1, 0.15) is 0 Å². The summed E-state index contributed by atoms with van der Waals surface area (Å²) in [5.74, 6) is 2.09. The van der Waals surface area contributed by atoms with Crippen molar-refractivity contribution in [3.8, 4) is 11.5 Å². The van der Waals surface area contributed by atoms with E-state index < -0.39 is 11.3 Å². The standard InChI is InChI=1S/C12H8AsIO/c14-13-9-5-1-3-7-11(9)15-12-8-4-2-6-10(12)13/h1-8H. The van der Waals surface area contributed by atoms with Crippen LogP contribution in [0.1, 0.15) is 0 Å². The van der Waals surface area contributed by atoms with Crippen molar-refractivity contribution in [2.75, 3.05) is 0 Å². The van der Waals surface area contributed by atoms with Crippen LogP contribution in [0.3, 0.4) is 0 Å². The Bertz CT molecular complexity index is 467. The fourth-order valence-corrected chi connectivity index (χ4v) is 8.57. The molecule has 3 heteroatoms. The van der Waals surface area contributed by atoms with Gasteiger partial charge in [-0.25, -0.2) is 0 Å². The van der Waals surface area contributed by atoms with Crippen molar-refractivity contribution in [2.24, 2.45) is 0 Å². The van der Waals surface area contributed by atoms with Gasteiger partial charge in [-0.2, -0.15) is 0 Å². The third-order valence-electron chi connectivity index (χ3n) is 2.37. The average Bonchev–Trinajstić information content (AvgIpc) is 2.30. The summed E-state index contributed by atoms with van der Waals surface area (Å²) in [6.07, 6.45) is 0. The zero-order chi connectivity index (χ0) is 10.3. The van der Waals surface area contributed by atoms with Crippen LogP contribution in [0.5, 0.6) is 11.5 Å². The Morgan fingerprint density at radius 1 is 0.800 bits per heavy atom. The van der Waals surface area contributed by atoms with Gasteiger partial charge < -0.3 is 0 Å². The first kappa shape index (κ1) is 9.73. The number of halogens is 1. The third-order valence-corrected chi connectivity index (χ3v) is 11.1. The first-order valence-corrected chi connectivity index (χ1v) is 12.3. The van der Waals surface area contributed by atoms with E-state index in [-0.39, 0.29) is 0 Å². The molecule has 1 aliphatic heterocycles. The number of para-hydroxylation sites is 2. The Kier molecular flexibility index (Phi) is 2.49. The molecule has 74 valence electrons. The van der Waals surface area contributed by atoms with E-state index in [1.165, 1.54) is 8.70 Å². The van der Waals surface area contributed by atoms with E-state index >= 15 is 0 Å². The summed E-state index contributed by atoms with van der Waals surface area (Å²) >= 11 is 1.49. The van der Waals surface area contributed by atoms with Gasteiger partial charge in [0.25, 0.3) is 0 Å². The van der Waals surface area contributed by atoms with Crippen molar-refractivity contribution in [1.82, 2.24) is 0 Å². The van der Waals surface area contributed by atoms with Crippen molar-refractivity contribution in [3.05, 3.63) is 48.5 Å². The zero-order valence-electron chi connectivity index (χ0n) is 7.85. The maximum atomic E-state index is 5.88. The van der Waals surface area contributed by atoms with Crippen LogP contribution in [0.2, 0.25) is 0 Å². The van der Waals surface area contributed by atoms with Gasteiger partial charge in [-0.1, -0.05) is 0 Å². The van der Waals surface area contributed by atoms with E-state index in [1.54, 1.807) is 0 Å². The van der Waals surface area contributed by atoms with E-state index in [2.05, 4.69) is 56.5 Å². The van der Waals surface area contributed by atoms with Crippen molar-refractivity contribution < 1.29 is 4.74 Å². The molecule has 0 radical (unpaired) electrons. The number of hydrogen-bond donors (Lipinski definition) is 0. The molecule has 0 aliphatic carbocycles. The van der Waals surface area contributed by atoms with Crippen molar-refractivity contribution >= 4 is 40.1 Å². The van der Waals surface area contributed by atoms with E-state index in [0.717, 1.165) is 11.5 Å². The maximum absolute atomic E-state index is 5.88. The second-order valence-corrected chi connectivity index (χ2v) is 11.5. The van der Waals surface area contributed by atoms with Crippen LogP contribution in [0.25, 0.3) is 0 Å². The van der Waals surface area contributed by atoms with Gasteiger partial charge in [-0.15, -0.1) is 0 Å². The predicted molar refractivity (Wildman–Crippen MR) is 72.0 cm³/mol. The summed E-state index contributed by atoms with van der Waals surface area (Å²) in [6.45, 7) is 0. The summed E-state index contributed by atoms with van der Waals surface area (Å²) in [5.41, 5.74) is 0. The summed E-state index contributed by atoms with van der Waals surface area (Å²) in [6, 6.07) is 16.8. The Morgan fingerprint density at radius 3 is 1.80 bits per heavy atom. The van der Waals surface area contributed by atoms with E-state index in [0.29, 0.717) is 0 Å². The second kappa shape index (κ2) is 3.84. The summed E-state index contributed by atoms with van der Waals surface area (Å²) < 4.78 is 8.69. The molecule has 15 heavy (non-hydrogen) atoms. The SMILES string of the molecule is I[As]1c2ccccc2Oc2ccccc21. The Morgan fingerprint density at radius 2 is 1.27 bits per heavy atom.